The van der Waals surface area contributed by atoms with Gasteiger partial charge in [0.1, 0.15) is 0 Å². The number of carbonyl (C=O) groups is 3. The van der Waals surface area contributed by atoms with Gasteiger partial charge in [0, 0.05) is 18.7 Å². The van der Waals surface area contributed by atoms with Gasteiger partial charge < -0.3 is 5.32 Å². The number of nitrogens with zero attached hydrogens (tertiary/aromatic N) is 1. The third-order valence-electron chi connectivity index (χ3n) is 4.91. The van der Waals surface area contributed by atoms with Crippen LogP contribution in [0.5, 0.6) is 0 Å². The smallest absolute Gasteiger partial charge is 0.233 e. The van der Waals surface area contributed by atoms with Gasteiger partial charge >= 0.3 is 0 Å². The highest BCUT2D eigenvalue weighted by Crippen LogP contribution is 2.37. The first kappa shape index (κ1) is 15.7. The molecule has 5 nitrogen and oxygen atoms in total. The molecule has 0 spiro atoms. The number of carbonyl (C=O) groups excluding carboxylic acids is 3. The first-order valence-electron chi connectivity index (χ1n) is 8.28. The predicted molar refractivity (Wildman–Crippen MR) is 86.6 cm³/mol. The van der Waals surface area contributed by atoms with Crippen LogP contribution in [-0.2, 0) is 14.4 Å². The molecule has 1 aromatic rings. The molecule has 1 saturated heterocycles. The fraction of sp³-hybridized carbons (Fsp3) is 0.500. The van der Waals surface area contributed by atoms with Gasteiger partial charge in [-0.1, -0.05) is 31.0 Å². The van der Waals surface area contributed by atoms with Crippen molar-refractivity contribution in [3.05, 3.63) is 29.8 Å². The Labute approximate surface area is 136 Å². The maximum absolute atomic E-state index is 12.3. The standard InChI is InChI=1S/C18H22N2O3/c1-12-6-2-5-9-15(12)19-16(21)10-11-20-17(22)13-7-3-4-8-14(13)18(20)23/h2,5-6,9,13-14H,3-4,7-8,10-11H2,1H3,(H,19,21)/t13-,14-/m1/s1. The second kappa shape index (κ2) is 6.52. The first-order chi connectivity index (χ1) is 11.1. The zero-order valence-electron chi connectivity index (χ0n) is 13.4. The number of aryl methyl sites for hydroxylation is 1. The third-order valence-corrected chi connectivity index (χ3v) is 4.91. The van der Waals surface area contributed by atoms with E-state index in [9.17, 15) is 14.4 Å². The Balaban J connectivity index is 1.58. The van der Waals surface area contributed by atoms with Crippen LogP contribution in [0.25, 0.3) is 0 Å². The van der Waals surface area contributed by atoms with Crippen molar-refractivity contribution in [1.29, 1.82) is 0 Å². The summed E-state index contributed by atoms with van der Waals surface area (Å²) in [4.78, 5) is 38.1. The average Bonchev–Trinajstić information content (AvgIpc) is 2.80. The van der Waals surface area contributed by atoms with Crippen molar-refractivity contribution < 1.29 is 14.4 Å². The number of rotatable bonds is 4. The number of anilines is 1. The van der Waals surface area contributed by atoms with Crippen LogP contribution in [0.3, 0.4) is 0 Å². The van der Waals surface area contributed by atoms with Crippen LogP contribution >= 0.6 is 0 Å². The lowest BCUT2D eigenvalue weighted by molar-refractivity contribution is -0.140. The molecule has 0 bridgehead atoms. The van der Waals surface area contributed by atoms with Crippen LogP contribution in [0, 0.1) is 18.8 Å². The fourth-order valence-corrected chi connectivity index (χ4v) is 3.59. The number of nitrogens with one attached hydrogen (secondary N) is 1. The zero-order chi connectivity index (χ0) is 16.4. The number of amides is 3. The van der Waals surface area contributed by atoms with Gasteiger partial charge in [0.2, 0.25) is 17.7 Å². The number of likely N-dealkylation sites (tertiary alicyclic amines) is 1. The topological polar surface area (TPSA) is 66.5 Å². The lowest BCUT2D eigenvalue weighted by Gasteiger charge is -2.19. The van der Waals surface area contributed by atoms with Crippen molar-refractivity contribution in [1.82, 2.24) is 4.90 Å². The molecular weight excluding hydrogens is 292 g/mol. The summed E-state index contributed by atoms with van der Waals surface area (Å²) in [5.74, 6) is -0.618. The molecule has 3 amide bonds. The van der Waals surface area contributed by atoms with E-state index in [1.807, 2.05) is 31.2 Å². The summed E-state index contributed by atoms with van der Waals surface area (Å²) in [7, 11) is 0. The van der Waals surface area contributed by atoms with Crippen molar-refractivity contribution in [3.8, 4) is 0 Å². The maximum atomic E-state index is 12.3. The summed E-state index contributed by atoms with van der Waals surface area (Å²) in [6.45, 7) is 2.11. The van der Waals surface area contributed by atoms with E-state index in [0.717, 1.165) is 36.9 Å². The third kappa shape index (κ3) is 3.14. The van der Waals surface area contributed by atoms with E-state index in [1.165, 1.54) is 4.90 Å². The molecule has 122 valence electrons. The summed E-state index contributed by atoms with van der Waals surface area (Å²) in [5, 5.41) is 2.84. The highest BCUT2D eigenvalue weighted by molar-refractivity contribution is 6.05. The zero-order valence-corrected chi connectivity index (χ0v) is 13.4. The molecule has 1 saturated carbocycles. The molecule has 1 N–H and O–H groups in total. The lowest BCUT2D eigenvalue weighted by atomic mass is 9.81. The van der Waals surface area contributed by atoms with Gasteiger partial charge in [-0.05, 0) is 31.4 Å². The van der Waals surface area contributed by atoms with E-state index in [1.54, 1.807) is 0 Å². The quantitative estimate of drug-likeness (QED) is 0.868. The van der Waals surface area contributed by atoms with Crippen molar-refractivity contribution in [2.45, 2.75) is 39.0 Å². The molecule has 2 atom stereocenters. The highest BCUT2D eigenvalue weighted by Gasteiger charge is 2.47. The number of fused-ring (bicyclic) bond motifs is 1. The molecule has 1 aliphatic carbocycles. The molecule has 1 aliphatic heterocycles. The minimum Gasteiger partial charge on any atom is -0.326 e. The largest absolute Gasteiger partial charge is 0.326 e. The number of imide groups is 1. The van der Waals surface area contributed by atoms with Crippen molar-refractivity contribution >= 4 is 23.4 Å². The molecule has 23 heavy (non-hydrogen) atoms. The first-order valence-corrected chi connectivity index (χ1v) is 8.28. The SMILES string of the molecule is Cc1ccccc1NC(=O)CCN1C(=O)[C@@H]2CCCC[C@H]2C1=O. The van der Waals surface area contributed by atoms with Gasteiger partial charge in [-0.2, -0.15) is 0 Å². The van der Waals surface area contributed by atoms with Crippen LogP contribution in [-0.4, -0.2) is 29.2 Å². The fourth-order valence-electron chi connectivity index (χ4n) is 3.59. The molecule has 0 unspecified atom stereocenters. The summed E-state index contributed by atoms with van der Waals surface area (Å²) in [5.41, 5.74) is 1.76. The second-order valence-electron chi connectivity index (χ2n) is 6.44. The lowest BCUT2D eigenvalue weighted by Crippen LogP contribution is -2.34. The minimum atomic E-state index is -0.172. The predicted octanol–water partition coefficient (Wildman–Crippen LogP) is 2.50. The number of para-hydroxylation sites is 1. The van der Waals surface area contributed by atoms with Crippen molar-refractivity contribution in [2.75, 3.05) is 11.9 Å². The molecule has 0 aromatic heterocycles. The molecule has 0 radical (unpaired) electrons. The monoisotopic (exact) mass is 314 g/mol. The summed E-state index contributed by atoms with van der Waals surface area (Å²) < 4.78 is 0. The van der Waals surface area contributed by atoms with Gasteiger partial charge in [-0.3, -0.25) is 19.3 Å². The molecule has 5 heteroatoms. The van der Waals surface area contributed by atoms with Crippen LogP contribution in [0.1, 0.15) is 37.7 Å². The van der Waals surface area contributed by atoms with Crippen LogP contribution in [0.4, 0.5) is 5.69 Å². The number of hydrogen-bond donors (Lipinski definition) is 1. The van der Waals surface area contributed by atoms with Gasteiger partial charge in [0.25, 0.3) is 0 Å². The van der Waals surface area contributed by atoms with Crippen molar-refractivity contribution in [3.63, 3.8) is 0 Å². The molecule has 2 fully saturated rings. The molecule has 1 heterocycles. The van der Waals surface area contributed by atoms with E-state index in [4.69, 9.17) is 0 Å². The summed E-state index contributed by atoms with van der Waals surface area (Å²) in [6.07, 6.45) is 3.79. The highest BCUT2D eigenvalue weighted by atomic mass is 16.2. The Morgan fingerprint density at radius 2 is 1.74 bits per heavy atom. The van der Waals surface area contributed by atoms with Crippen LogP contribution < -0.4 is 5.32 Å². The Hall–Kier alpha value is -2.17. The summed E-state index contributed by atoms with van der Waals surface area (Å²) in [6, 6.07) is 7.54. The Bertz CT molecular complexity index is 617. The van der Waals surface area contributed by atoms with E-state index in [-0.39, 0.29) is 42.5 Å². The average molecular weight is 314 g/mol. The number of hydrogen-bond acceptors (Lipinski definition) is 3. The number of benzene rings is 1. The van der Waals surface area contributed by atoms with E-state index in [0.29, 0.717) is 0 Å². The van der Waals surface area contributed by atoms with Gasteiger partial charge in [0.15, 0.2) is 0 Å². The molecule has 1 aromatic carbocycles. The Kier molecular flexibility index (Phi) is 4.46. The van der Waals surface area contributed by atoms with Gasteiger partial charge in [-0.25, -0.2) is 0 Å². The van der Waals surface area contributed by atoms with E-state index in [2.05, 4.69) is 5.32 Å². The van der Waals surface area contributed by atoms with Gasteiger partial charge in [0.05, 0.1) is 11.8 Å². The van der Waals surface area contributed by atoms with Crippen LogP contribution in [0.2, 0.25) is 0 Å². The molecule has 2 aliphatic rings. The minimum absolute atomic E-state index is 0.0802. The van der Waals surface area contributed by atoms with Gasteiger partial charge in [-0.15, -0.1) is 0 Å². The van der Waals surface area contributed by atoms with Crippen molar-refractivity contribution in [2.24, 2.45) is 11.8 Å². The summed E-state index contributed by atoms with van der Waals surface area (Å²) >= 11 is 0. The molecule has 3 rings (SSSR count). The Morgan fingerprint density at radius 3 is 2.35 bits per heavy atom. The van der Waals surface area contributed by atoms with E-state index >= 15 is 0 Å². The second-order valence-corrected chi connectivity index (χ2v) is 6.44. The maximum Gasteiger partial charge on any atom is 0.233 e. The Morgan fingerprint density at radius 1 is 1.13 bits per heavy atom. The molecular formula is C18H22N2O3. The normalized spacial score (nSPS) is 23.8. The van der Waals surface area contributed by atoms with E-state index < -0.39 is 0 Å². The van der Waals surface area contributed by atoms with Crippen LogP contribution in [0.15, 0.2) is 24.3 Å².